The highest BCUT2D eigenvalue weighted by atomic mass is 16.5. The minimum atomic E-state index is -0.359. The van der Waals surface area contributed by atoms with E-state index in [4.69, 9.17) is 9.47 Å². The van der Waals surface area contributed by atoms with E-state index in [2.05, 4.69) is 10.3 Å². The molecular formula is C18H20N2O4. The minimum Gasteiger partial charge on any atom is -0.484 e. The maximum Gasteiger partial charge on any atom is 0.338 e. The predicted molar refractivity (Wildman–Crippen MR) is 90.0 cm³/mol. The maximum absolute atomic E-state index is 11.8. The zero-order chi connectivity index (χ0) is 17.2. The summed E-state index contributed by atoms with van der Waals surface area (Å²) in [5.74, 6) is -0.0715. The van der Waals surface area contributed by atoms with Gasteiger partial charge in [0.1, 0.15) is 5.75 Å². The second-order valence-electron chi connectivity index (χ2n) is 5.09. The molecule has 0 bridgehead atoms. The van der Waals surface area contributed by atoms with E-state index in [-0.39, 0.29) is 18.5 Å². The van der Waals surface area contributed by atoms with Crippen LogP contribution in [0.1, 0.15) is 30.1 Å². The van der Waals surface area contributed by atoms with E-state index in [0.29, 0.717) is 23.6 Å². The SMILES string of the molecule is CCCCOC(=O)c1ccc(NC(=O)COc2ccncc2)cc1. The number of ether oxygens (including phenoxy) is 2. The fourth-order valence-corrected chi connectivity index (χ4v) is 1.86. The molecule has 1 N–H and O–H groups in total. The molecule has 0 aliphatic heterocycles. The molecule has 126 valence electrons. The third-order valence-electron chi connectivity index (χ3n) is 3.16. The van der Waals surface area contributed by atoms with Crippen molar-refractivity contribution in [3.8, 4) is 5.75 Å². The van der Waals surface area contributed by atoms with E-state index >= 15 is 0 Å². The van der Waals surface area contributed by atoms with Crippen LogP contribution < -0.4 is 10.1 Å². The molecule has 24 heavy (non-hydrogen) atoms. The maximum atomic E-state index is 11.8. The average molecular weight is 328 g/mol. The Kier molecular flexibility index (Phi) is 6.76. The fourth-order valence-electron chi connectivity index (χ4n) is 1.86. The number of carbonyl (C=O) groups excluding carboxylic acids is 2. The molecule has 2 rings (SSSR count). The van der Waals surface area contributed by atoms with Crippen LogP contribution in [-0.4, -0.2) is 30.1 Å². The Labute approximate surface area is 140 Å². The van der Waals surface area contributed by atoms with Gasteiger partial charge in [-0.3, -0.25) is 9.78 Å². The number of nitrogens with one attached hydrogen (secondary N) is 1. The lowest BCUT2D eigenvalue weighted by Gasteiger charge is -2.08. The zero-order valence-corrected chi connectivity index (χ0v) is 13.5. The highest BCUT2D eigenvalue weighted by Gasteiger charge is 2.08. The van der Waals surface area contributed by atoms with Gasteiger partial charge in [-0.25, -0.2) is 4.79 Å². The molecule has 1 aromatic heterocycles. The molecular weight excluding hydrogens is 308 g/mol. The Bertz CT molecular complexity index is 656. The summed E-state index contributed by atoms with van der Waals surface area (Å²) in [6.45, 7) is 2.34. The van der Waals surface area contributed by atoms with Crippen LogP contribution in [0.4, 0.5) is 5.69 Å². The summed E-state index contributed by atoms with van der Waals surface area (Å²) in [4.78, 5) is 27.5. The fraction of sp³-hybridized carbons (Fsp3) is 0.278. The molecule has 0 fully saturated rings. The molecule has 1 aromatic carbocycles. The molecule has 0 atom stereocenters. The van der Waals surface area contributed by atoms with Gasteiger partial charge in [-0.1, -0.05) is 13.3 Å². The largest absolute Gasteiger partial charge is 0.484 e. The Morgan fingerprint density at radius 3 is 2.46 bits per heavy atom. The summed E-state index contributed by atoms with van der Waals surface area (Å²) in [5, 5.41) is 2.70. The van der Waals surface area contributed by atoms with Crippen molar-refractivity contribution in [2.45, 2.75) is 19.8 Å². The number of pyridine rings is 1. The number of nitrogens with zero attached hydrogens (tertiary/aromatic N) is 1. The Morgan fingerprint density at radius 1 is 1.08 bits per heavy atom. The summed E-state index contributed by atoms with van der Waals surface area (Å²) in [5.41, 5.74) is 1.04. The van der Waals surface area contributed by atoms with Gasteiger partial charge >= 0.3 is 5.97 Å². The Morgan fingerprint density at radius 2 is 1.79 bits per heavy atom. The van der Waals surface area contributed by atoms with Gasteiger partial charge < -0.3 is 14.8 Å². The van der Waals surface area contributed by atoms with Gasteiger partial charge in [0.05, 0.1) is 12.2 Å². The van der Waals surface area contributed by atoms with Crippen molar-refractivity contribution in [3.05, 3.63) is 54.4 Å². The van der Waals surface area contributed by atoms with E-state index in [1.807, 2.05) is 6.92 Å². The normalized spacial score (nSPS) is 10.0. The van der Waals surface area contributed by atoms with Crippen LogP contribution in [0.25, 0.3) is 0 Å². The molecule has 0 aliphatic carbocycles. The lowest BCUT2D eigenvalue weighted by Crippen LogP contribution is -2.20. The van der Waals surface area contributed by atoms with Crippen molar-refractivity contribution in [1.29, 1.82) is 0 Å². The topological polar surface area (TPSA) is 77.5 Å². The number of aromatic nitrogens is 1. The van der Waals surface area contributed by atoms with Gasteiger partial charge in [0, 0.05) is 18.1 Å². The predicted octanol–water partition coefficient (Wildman–Crippen LogP) is 3.06. The third kappa shape index (κ3) is 5.72. The average Bonchev–Trinajstić information content (AvgIpc) is 2.61. The first-order valence-electron chi connectivity index (χ1n) is 7.79. The molecule has 1 heterocycles. The van der Waals surface area contributed by atoms with Crippen LogP contribution in [-0.2, 0) is 9.53 Å². The standard InChI is InChI=1S/C18H20N2O4/c1-2-3-12-23-18(22)14-4-6-15(7-5-14)20-17(21)13-24-16-8-10-19-11-9-16/h4-11H,2-3,12-13H2,1H3,(H,20,21). The summed E-state index contributed by atoms with van der Waals surface area (Å²) >= 11 is 0. The second kappa shape index (κ2) is 9.29. The van der Waals surface area contributed by atoms with Gasteiger partial charge in [0.2, 0.25) is 0 Å². The van der Waals surface area contributed by atoms with E-state index in [1.54, 1.807) is 48.8 Å². The van der Waals surface area contributed by atoms with Crippen LogP contribution in [0.2, 0.25) is 0 Å². The van der Waals surface area contributed by atoms with Crippen molar-refractivity contribution in [1.82, 2.24) is 4.98 Å². The number of rotatable bonds is 8. The Hall–Kier alpha value is -2.89. The number of unbranched alkanes of at least 4 members (excludes halogenated alkanes) is 1. The van der Waals surface area contributed by atoms with Gasteiger partial charge in [-0.05, 0) is 42.8 Å². The van der Waals surface area contributed by atoms with Crippen molar-refractivity contribution < 1.29 is 19.1 Å². The quantitative estimate of drug-likeness (QED) is 0.595. The van der Waals surface area contributed by atoms with Crippen LogP contribution in [0.5, 0.6) is 5.75 Å². The van der Waals surface area contributed by atoms with Crippen LogP contribution in [0, 0.1) is 0 Å². The van der Waals surface area contributed by atoms with E-state index in [9.17, 15) is 9.59 Å². The minimum absolute atomic E-state index is 0.106. The number of carbonyl (C=O) groups is 2. The first-order valence-corrected chi connectivity index (χ1v) is 7.79. The molecule has 0 aliphatic rings. The van der Waals surface area contributed by atoms with Gasteiger partial charge in [0.25, 0.3) is 5.91 Å². The first-order chi connectivity index (χ1) is 11.7. The molecule has 2 aromatic rings. The number of hydrogen-bond acceptors (Lipinski definition) is 5. The number of anilines is 1. The van der Waals surface area contributed by atoms with Crippen molar-refractivity contribution >= 4 is 17.6 Å². The highest BCUT2D eigenvalue weighted by molar-refractivity contribution is 5.93. The number of esters is 1. The summed E-state index contributed by atoms with van der Waals surface area (Å²) in [7, 11) is 0. The molecule has 0 spiro atoms. The zero-order valence-electron chi connectivity index (χ0n) is 13.5. The van der Waals surface area contributed by atoms with Crippen molar-refractivity contribution in [2.24, 2.45) is 0 Å². The smallest absolute Gasteiger partial charge is 0.338 e. The van der Waals surface area contributed by atoms with Crippen molar-refractivity contribution in [3.63, 3.8) is 0 Å². The van der Waals surface area contributed by atoms with Crippen LogP contribution >= 0.6 is 0 Å². The van der Waals surface area contributed by atoms with Gasteiger partial charge in [-0.2, -0.15) is 0 Å². The highest BCUT2D eigenvalue weighted by Crippen LogP contribution is 2.11. The van der Waals surface area contributed by atoms with Crippen LogP contribution in [0.15, 0.2) is 48.8 Å². The molecule has 0 saturated carbocycles. The van der Waals surface area contributed by atoms with E-state index in [0.717, 1.165) is 12.8 Å². The summed E-state index contributed by atoms with van der Waals surface area (Å²) < 4.78 is 10.5. The van der Waals surface area contributed by atoms with Crippen molar-refractivity contribution in [2.75, 3.05) is 18.5 Å². The molecule has 0 unspecified atom stereocenters. The van der Waals surface area contributed by atoms with Gasteiger partial charge in [0.15, 0.2) is 6.61 Å². The van der Waals surface area contributed by atoms with E-state index in [1.165, 1.54) is 0 Å². The number of amides is 1. The molecule has 1 amide bonds. The third-order valence-corrected chi connectivity index (χ3v) is 3.16. The molecule has 0 saturated heterocycles. The number of hydrogen-bond donors (Lipinski definition) is 1. The summed E-state index contributed by atoms with van der Waals surface area (Å²) in [6.07, 6.45) is 4.99. The van der Waals surface area contributed by atoms with E-state index < -0.39 is 0 Å². The molecule has 6 heteroatoms. The molecule has 0 radical (unpaired) electrons. The van der Waals surface area contributed by atoms with Crippen LogP contribution in [0.3, 0.4) is 0 Å². The Balaban J connectivity index is 1.80. The van der Waals surface area contributed by atoms with Gasteiger partial charge in [-0.15, -0.1) is 0 Å². The summed E-state index contributed by atoms with van der Waals surface area (Å²) in [6, 6.07) is 9.89. The monoisotopic (exact) mass is 328 g/mol. The molecule has 6 nitrogen and oxygen atoms in total. The lowest BCUT2D eigenvalue weighted by molar-refractivity contribution is -0.118. The first kappa shape index (κ1) is 17.5. The second-order valence-corrected chi connectivity index (χ2v) is 5.09. The lowest BCUT2D eigenvalue weighted by atomic mass is 10.2. The number of benzene rings is 1.